The molecule has 0 unspecified atom stereocenters. The van der Waals surface area contributed by atoms with Crippen LogP contribution in [0.25, 0.3) is 10.9 Å². The highest BCUT2D eigenvalue weighted by atomic mass is 16.5. The fourth-order valence-electron chi connectivity index (χ4n) is 2.56. The summed E-state index contributed by atoms with van der Waals surface area (Å²) in [6.07, 6.45) is 1.72. The fraction of sp³-hybridized carbons (Fsp3) is 0.400. The molecule has 5 heteroatoms. The summed E-state index contributed by atoms with van der Waals surface area (Å²) in [6.45, 7) is 3.86. The predicted octanol–water partition coefficient (Wildman–Crippen LogP) is 3.14. The predicted molar refractivity (Wildman–Crippen MR) is 77.1 cm³/mol. The molecule has 1 aromatic carbocycles. The zero-order chi connectivity index (χ0) is 14.9. The molecule has 0 radical (unpaired) electrons. The van der Waals surface area contributed by atoms with Crippen molar-refractivity contribution in [1.82, 2.24) is 4.98 Å². The van der Waals surface area contributed by atoms with E-state index in [1.54, 1.807) is 21.1 Å². The van der Waals surface area contributed by atoms with Crippen LogP contribution in [0.5, 0.6) is 11.5 Å². The van der Waals surface area contributed by atoms with Gasteiger partial charge in [0.15, 0.2) is 11.5 Å². The number of carbonyl (C=O) groups is 1. The Labute approximate surface area is 117 Å². The Morgan fingerprint density at radius 2 is 2.05 bits per heavy atom. The van der Waals surface area contributed by atoms with Gasteiger partial charge in [-0.3, -0.25) is 0 Å². The minimum atomic E-state index is -0.959. The minimum absolute atomic E-state index is 0.215. The number of H-pyrrole nitrogens is 1. The van der Waals surface area contributed by atoms with Gasteiger partial charge in [0.1, 0.15) is 5.69 Å². The van der Waals surface area contributed by atoms with E-state index in [-0.39, 0.29) is 5.69 Å². The molecular weight excluding hydrogens is 258 g/mol. The van der Waals surface area contributed by atoms with E-state index in [2.05, 4.69) is 11.9 Å². The average Bonchev–Trinajstić information content (AvgIpc) is 2.76. The molecule has 2 N–H and O–H groups in total. The van der Waals surface area contributed by atoms with Crippen molar-refractivity contribution in [2.24, 2.45) is 0 Å². The van der Waals surface area contributed by atoms with Crippen LogP contribution in [-0.4, -0.2) is 30.3 Å². The first-order chi connectivity index (χ1) is 9.54. The second-order valence-electron chi connectivity index (χ2n) is 4.69. The molecule has 20 heavy (non-hydrogen) atoms. The van der Waals surface area contributed by atoms with Gasteiger partial charge in [0.25, 0.3) is 0 Å². The van der Waals surface area contributed by atoms with Crippen molar-refractivity contribution >= 4 is 16.9 Å². The van der Waals surface area contributed by atoms with Gasteiger partial charge in [0.2, 0.25) is 0 Å². The van der Waals surface area contributed by atoms with Crippen molar-refractivity contribution in [3.05, 3.63) is 22.9 Å². The van der Waals surface area contributed by atoms with Gasteiger partial charge in [0.05, 0.1) is 19.7 Å². The van der Waals surface area contributed by atoms with Crippen LogP contribution in [-0.2, 0) is 6.42 Å². The Morgan fingerprint density at radius 3 is 2.55 bits per heavy atom. The lowest BCUT2D eigenvalue weighted by atomic mass is 10.0. The SMILES string of the molecule is CCCc1c(OC)c(OC)cc2c(C)c(C(=O)O)[nH]c12. The molecule has 0 saturated carbocycles. The number of fused-ring (bicyclic) bond motifs is 1. The smallest absolute Gasteiger partial charge is 0.352 e. The van der Waals surface area contributed by atoms with Crippen LogP contribution in [0, 0.1) is 6.92 Å². The molecule has 0 bridgehead atoms. The van der Waals surface area contributed by atoms with Gasteiger partial charge in [-0.2, -0.15) is 0 Å². The number of carboxylic acids is 1. The molecule has 2 aromatic rings. The van der Waals surface area contributed by atoms with E-state index in [1.807, 2.05) is 6.07 Å². The number of aromatic amines is 1. The molecule has 2 rings (SSSR count). The third-order valence-electron chi connectivity index (χ3n) is 3.51. The lowest BCUT2D eigenvalue weighted by Gasteiger charge is -2.13. The lowest BCUT2D eigenvalue weighted by molar-refractivity contribution is 0.0691. The summed E-state index contributed by atoms with van der Waals surface area (Å²) in [5, 5.41) is 10.1. The van der Waals surface area contributed by atoms with Crippen LogP contribution in [0.1, 0.15) is 35.0 Å². The van der Waals surface area contributed by atoms with E-state index in [9.17, 15) is 9.90 Å². The van der Waals surface area contributed by atoms with Gasteiger partial charge in [0, 0.05) is 10.9 Å². The van der Waals surface area contributed by atoms with Gasteiger partial charge < -0.3 is 19.6 Å². The Balaban J connectivity index is 2.86. The van der Waals surface area contributed by atoms with Crippen molar-refractivity contribution < 1.29 is 19.4 Å². The van der Waals surface area contributed by atoms with Gasteiger partial charge >= 0.3 is 5.97 Å². The van der Waals surface area contributed by atoms with E-state index in [0.29, 0.717) is 17.1 Å². The van der Waals surface area contributed by atoms with Crippen molar-refractivity contribution in [1.29, 1.82) is 0 Å². The summed E-state index contributed by atoms with van der Waals surface area (Å²) < 4.78 is 10.8. The Hall–Kier alpha value is -2.17. The second kappa shape index (κ2) is 5.45. The molecule has 5 nitrogen and oxygen atoms in total. The van der Waals surface area contributed by atoms with Crippen LogP contribution in [0.4, 0.5) is 0 Å². The number of carboxylic acid groups (broad SMARTS) is 1. The molecule has 0 aliphatic rings. The summed E-state index contributed by atoms with van der Waals surface area (Å²) in [5.74, 6) is 0.335. The molecule has 0 atom stereocenters. The number of ether oxygens (including phenoxy) is 2. The molecule has 0 saturated heterocycles. The third-order valence-corrected chi connectivity index (χ3v) is 3.51. The molecule has 0 fully saturated rings. The van der Waals surface area contributed by atoms with Crippen molar-refractivity contribution in [2.45, 2.75) is 26.7 Å². The van der Waals surface area contributed by atoms with Crippen LogP contribution in [0.15, 0.2) is 6.07 Å². The van der Waals surface area contributed by atoms with Gasteiger partial charge in [-0.05, 0) is 25.0 Å². The summed E-state index contributed by atoms with van der Waals surface area (Å²) in [4.78, 5) is 14.3. The largest absolute Gasteiger partial charge is 0.493 e. The summed E-state index contributed by atoms with van der Waals surface area (Å²) in [7, 11) is 3.18. The zero-order valence-corrected chi connectivity index (χ0v) is 12.2. The zero-order valence-electron chi connectivity index (χ0n) is 12.2. The first-order valence-corrected chi connectivity index (χ1v) is 6.54. The van der Waals surface area contributed by atoms with Gasteiger partial charge in [-0.15, -0.1) is 0 Å². The Morgan fingerprint density at radius 1 is 1.35 bits per heavy atom. The van der Waals surface area contributed by atoms with E-state index >= 15 is 0 Å². The molecule has 0 amide bonds. The Bertz CT molecular complexity index is 658. The number of benzene rings is 1. The molecule has 0 aliphatic carbocycles. The number of rotatable bonds is 5. The molecular formula is C15H19NO4. The summed E-state index contributed by atoms with van der Waals surface area (Å²) in [6, 6.07) is 1.82. The number of hydrogen-bond acceptors (Lipinski definition) is 3. The third kappa shape index (κ3) is 2.09. The van der Waals surface area contributed by atoms with Gasteiger partial charge in [-0.1, -0.05) is 13.3 Å². The molecule has 0 aliphatic heterocycles. The average molecular weight is 277 g/mol. The maximum Gasteiger partial charge on any atom is 0.352 e. The lowest BCUT2D eigenvalue weighted by Crippen LogP contribution is -1.98. The first kappa shape index (κ1) is 14.2. The molecule has 1 heterocycles. The van der Waals surface area contributed by atoms with Crippen LogP contribution >= 0.6 is 0 Å². The normalized spacial score (nSPS) is 10.8. The maximum absolute atomic E-state index is 11.3. The topological polar surface area (TPSA) is 71.6 Å². The standard InChI is InChI=1S/C15H19NO4/c1-5-6-9-13-10(7-11(19-3)14(9)20-4)8(2)12(16-13)15(17)18/h7,16H,5-6H2,1-4H3,(H,17,18). The first-order valence-electron chi connectivity index (χ1n) is 6.54. The van der Waals surface area contributed by atoms with Crippen molar-refractivity contribution in [2.75, 3.05) is 14.2 Å². The van der Waals surface area contributed by atoms with E-state index in [1.165, 1.54) is 0 Å². The highest BCUT2D eigenvalue weighted by Gasteiger charge is 2.21. The van der Waals surface area contributed by atoms with E-state index in [4.69, 9.17) is 9.47 Å². The fourth-order valence-corrected chi connectivity index (χ4v) is 2.56. The number of aryl methyl sites for hydroxylation is 2. The van der Waals surface area contributed by atoms with Gasteiger partial charge in [-0.25, -0.2) is 4.79 Å². The summed E-state index contributed by atoms with van der Waals surface area (Å²) >= 11 is 0. The minimum Gasteiger partial charge on any atom is -0.493 e. The highest BCUT2D eigenvalue weighted by Crippen LogP contribution is 2.39. The van der Waals surface area contributed by atoms with Crippen molar-refractivity contribution in [3.63, 3.8) is 0 Å². The van der Waals surface area contributed by atoms with Crippen LogP contribution in [0.3, 0.4) is 0 Å². The number of nitrogens with one attached hydrogen (secondary N) is 1. The maximum atomic E-state index is 11.3. The van der Waals surface area contributed by atoms with E-state index < -0.39 is 5.97 Å². The second-order valence-corrected chi connectivity index (χ2v) is 4.69. The molecule has 108 valence electrons. The number of aromatic nitrogens is 1. The number of methoxy groups -OCH3 is 2. The van der Waals surface area contributed by atoms with Crippen LogP contribution in [0.2, 0.25) is 0 Å². The van der Waals surface area contributed by atoms with Crippen LogP contribution < -0.4 is 9.47 Å². The van der Waals surface area contributed by atoms with E-state index in [0.717, 1.165) is 29.3 Å². The number of aromatic carboxylic acids is 1. The molecule has 1 aromatic heterocycles. The molecule has 0 spiro atoms. The van der Waals surface area contributed by atoms with Crippen molar-refractivity contribution in [3.8, 4) is 11.5 Å². The number of hydrogen-bond donors (Lipinski definition) is 2. The monoisotopic (exact) mass is 277 g/mol. The highest BCUT2D eigenvalue weighted by molar-refractivity contribution is 5.99. The quantitative estimate of drug-likeness (QED) is 0.880. The Kier molecular flexibility index (Phi) is 3.88. The summed E-state index contributed by atoms with van der Waals surface area (Å²) in [5.41, 5.74) is 2.71.